The first-order valence-corrected chi connectivity index (χ1v) is 6.97. The molecule has 0 radical (unpaired) electrons. The van der Waals surface area contributed by atoms with E-state index in [-0.39, 0.29) is 0 Å². The van der Waals surface area contributed by atoms with Crippen molar-refractivity contribution in [1.29, 1.82) is 0 Å². The molecule has 1 N–H and O–H groups in total. The van der Waals surface area contributed by atoms with Gasteiger partial charge in [-0.3, -0.25) is 0 Å². The van der Waals surface area contributed by atoms with Gasteiger partial charge in [-0.05, 0) is 53.5 Å². The maximum Gasteiger partial charge on any atom is 0.143 e. The normalized spacial score (nSPS) is 22.6. The second-order valence-corrected chi connectivity index (χ2v) is 5.15. The highest BCUT2D eigenvalue weighted by molar-refractivity contribution is 5.49. The molecule has 1 heterocycles. The van der Waals surface area contributed by atoms with E-state index in [1.807, 2.05) is 12.1 Å². The van der Waals surface area contributed by atoms with Crippen molar-refractivity contribution in [2.45, 2.75) is 38.6 Å². The molecule has 1 aromatic heterocycles. The Hall–Kier alpha value is -1.91. The zero-order chi connectivity index (χ0) is 13.1. The fraction of sp³-hybridized carbons (Fsp3) is 0.500. The molecule has 5 heteroatoms. The maximum absolute atomic E-state index is 3.88. The fourth-order valence-corrected chi connectivity index (χ4v) is 2.92. The molecule has 0 bridgehead atoms. The van der Waals surface area contributed by atoms with Crippen LogP contribution < -0.4 is 5.32 Å². The monoisotopic (exact) mass is 257 g/mol. The van der Waals surface area contributed by atoms with Crippen LogP contribution in [0.4, 0.5) is 5.69 Å². The lowest BCUT2D eigenvalue weighted by Gasteiger charge is -2.20. The first-order chi connectivity index (χ1) is 9.36. The number of nitrogens with one attached hydrogen (secondary N) is 1. The number of aromatic nitrogens is 4. The van der Waals surface area contributed by atoms with Crippen molar-refractivity contribution in [3.63, 3.8) is 0 Å². The molecule has 100 valence electrons. The van der Waals surface area contributed by atoms with Crippen molar-refractivity contribution < 1.29 is 0 Å². The topological polar surface area (TPSA) is 55.6 Å². The van der Waals surface area contributed by atoms with Crippen LogP contribution in [0.1, 0.15) is 32.6 Å². The average Bonchev–Trinajstić information content (AvgIpc) is 3.10. The smallest absolute Gasteiger partial charge is 0.143 e. The van der Waals surface area contributed by atoms with Crippen molar-refractivity contribution in [1.82, 2.24) is 20.2 Å². The van der Waals surface area contributed by atoms with Crippen molar-refractivity contribution >= 4 is 5.69 Å². The van der Waals surface area contributed by atoms with Crippen molar-refractivity contribution in [3.05, 3.63) is 30.6 Å². The van der Waals surface area contributed by atoms with Gasteiger partial charge >= 0.3 is 0 Å². The van der Waals surface area contributed by atoms with E-state index < -0.39 is 0 Å². The molecule has 1 fully saturated rings. The zero-order valence-electron chi connectivity index (χ0n) is 11.2. The van der Waals surface area contributed by atoms with E-state index in [9.17, 15) is 0 Å². The summed E-state index contributed by atoms with van der Waals surface area (Å²) in [4.78, 5) is 0. The van der Waals surface area contributed by atoms with E-state index >= 15 is 0 Å². The minimum Gasteiger partial charge on any atom is -0.382 e. The van der Waals surface area contributed by atoms with Gasteiger partial charge in [0, 0.05) is 11.7 Å². The minimum absolute atomic E-state index is 0.629. The molecule has 0 saturated heterocycles. The Labute approximate surface area is 113 Å². The molecule has 19 heavy (non-hydrogen) atoms. The number of benzene rings is 1. The van der Waals surface area contributed by atoms with Gasteiger partial charge in [0.25, 0.3) is 0 Å². The van der Waals surface area contributed by atoms with Crippen LogP contribution in [0.2, 0.25) is 0 Å². The van der Waals surface area contributed by atoms with Crippen molar-refractivity contribution in [2.24, 2.45) is 5.92 Å². The van der Waals surface area contributed by atoms with E-state index in [4.69, 9.17) is 0 Å². The number of nitrogens with zero attached hydrogens (tertiary/aromatic N) is 4. The Balaban J connectivity index is 1.69. The van der Waals surface area contributed by atoms with Gasteiger partial charge in [0.1, 0.15) is 6.33 Å². The quantitative estimate of drug-likeness (QED) is 0.915. The van der Waals surface area contributed by atoms with Crippen LogP contribution in [0.25, 0.3) is 5.69 Å². The highest BCUT2D eigenvalue weighted by atomic mass is 15.5. The average molecular weight is 257 g/mol. The molecule has 0 amide bonds. The highest BCUT2D eigenvalue weighted by Crippen LogP contribution is 2.30. The molecular weight excluding hydrogens is 238 g/mol. The van der Waals surface area contributed by atoms with Gasteiger partial charge in [-0.1, -0.05) is 19.8 Å². The zero-order valence-corrected chi connectivity index (χ0v) is 11.2. The van der Waals surface area contributed by atoms with Gasteiger partial charge in [-0.15, -0.1) is 5.10 Å². The Bertz CT molecular complexity index is 505. The maximum atomic E-state index is 3.88. The number of anilines is 1. The summed E-state index contributed by atoms with van der Waals surface area (Å²) in [6.45, 7) is 2.28. The van der Waals surface area contributed by atoms with Gasteiger partial charge in [-0.25, -0.2) is 4.68 Å². The number of rotatable bonds is 4. The molecule has 5 nitrogen and oxygen atoms in total. The molecule has 0 spiro atoms. The number of tetrazole rings is 1. The summed E-state index contributed by atoms with van der Waals surface area (Å²) in [5.74, 6) is 0.819. The summed E-state index contributed by atoms with van der Waals surface area (Å²) in [6.07, 6.45) is 6.86. The number of hydrogen-bond donors (Lipinski definition) is 1. The lowest BCUT2D eigenvalue weighted by molar-refractivity contribution is 0.489. The fourth-order valence-electron chi connectivity index (χ4n) is 2.92. The van der Waals surface area contributed by atoms with E-state index in [0.29, 0.717) is 6.04 Å². The molecule has 1 aromatic carbocycles. The lowest BCUT2D eigenvalue weighted by atomic mass is 10.0. The summed E-state index contributed by atoms with van der Waals surface area (Å²) >= 11 is 0. The van der Waals surface area contributed by atoms with Crippen LogP contribution in [0, 0.1) is 5.92 Å². The molecule has 1 saturated carbocycles. The summed E-state index contributed by atoms with van der Waals surface area (Å²) in [6, 6.07) is 8.90. The molecule has 3 rings (SSSR count). The summed E-state index contributed by atoms with van der Waals surface area (Å²) < 4.78 is 1.66. The lowest BCUT2D eigenvalue weighted by Crippen LogP contribution is -2.23. The molecule has 0 aliphatic heterocycles. The Morgan fingerprint density at radius 2 is 2.11 bits per heavy atom. The minimum atomic E-state index is 0.629. The van der Waals surface area contributed by atoms with Crippen LogP contribution in [-0.4, -0.2) is 26.2 Å². The third-order valence-corrected chi connectivity index (χ3v) is 4.02. The standard InChI is InChI=1S/C14H19N5/c1-2-11-4-3-5-14(11)16-12-6-8-13(9-7-12)19-10-15-17-18-19/h6-11,14,16H,2-5H2,1H3. The third kappa shape index (κ3) is 2.59. The second kappa shape index (κ2) is 5.38. The van der Waals surface area contributed by atoms with Crippen LogP contribution in [0.5, 0.6) is 0 Å². The molecular formula is C14H19N5. The van der Waals surface area contributed by atoms with E-state index in [1.54, 1.807) is 11.0 Å². The van der Waals surface area contributed by atoms with Crippen LogP contribution >= 0.6 is 0 Å². The predicted molar refractivity (Wildman–Crippen MR) is 74.2 cm³/mol. The third-order valence-electron chi connectivity index (χ3n) is 4.02. The Kier molecular flexibility index (Phi) is 3.44. The summed E-state index contributed by atoms with van der Waals surface area (Å²) in [5, 5.41) is 14.8. The van der Waals surface area contributed by atoms with Crippen molar-refractivity contribution in [3.8, 4) is 5.69 Å². The Morgan fingerprint density at radius 3 is 2.79 bits per heavy atom. The first kappa shape index (κ1) is 12.1. The first-order valence-electron chi connectivity index (χ1n) is 6.97. The molecule has 2 atom stereocenters. The SMILES string of the molecule is CCC1CCCC1Nc1ccc(-n2cnnn2)cc1. The van der Waals surface area contributed by atoms with Gasteiger partial charge in [0.15, 0.2) is 0 Å². The van der Waals surface area contributed by atoms with Gasteiger partial charge < -0.3 is 5.32 Å². The predicted octanol–water partition coefficient (Wildman–Crippen LogP) is 2.65. The molecule has 2 aromatic rings. The largest absolute Gasteiger partial charge is 0.382 e. The van der Waals surface area contributed by atoms with Gasteiger partial charge in [0.05, 0.1) is 5.69 Å². The van der Waals surface area contributed by atoms with Crippen LogP contribution in [0.3, 0.4) is 0 Å². The van der Waals surface area contributed by atoms with E-state index in [1.165, 1.54) is 31.4 Å². The molecule has 1 aliphatic carbocycles. The molecule has 2 unspecified atom stereocenters. The van der Waals surface area contributed by atoms with Crippen molar-refractivity contribution in [2.75, 3.05) is 5.32 Å². The highest BCUT2D eigenvalue weighted by Gasteiger charge is 2.25. The van der Waals surface area contributed by atoms with E-state index in [0.717, 1.165) is 11.6 Å². The van der Waals surface area contributed by atoms with Crippen LogP contribution in [-0.2, 0) is 0 Å². The second-order valence-electron chi connectivity index (χ2n) is 5.15. The van der Waals surface area contributed by atoms with Crippen LogP contribution in [0.15, 0.2) is 30.6 Å². The van der Waals surface area contributed by atoms with Gasteiger partial charge in [0.2, 0.25) is 0 Å². The van der Waals surface area contributed by atoms with Gasteiger partial charge in [-0.2, -0.15) is 0 Å². The molecule has 1 aliphatic rings. The van der Waals surface area contributed by atoms with E-state index in [2.05, 4.69) is 39.9 Å². The Morgan fingerprint density at radius 1 is 1.26 bits per heavy atom. The summed E-state index contributed by atoms with van der Waals surface area (Å²) in [5.41, 5.74) is 2.16. The number of hydrogen-bond acceptors (Lipinski definition) is 4. The summed E-state index contributed by atoms with van der Waals surface area (Å²) in [7, 11) is 0.